The normalized spacial score (nSPS) is 16.2. The molecule has 1 N–H and O–H groups in total. The topological polar surface area (TPSA) is 94.9 Å². The summed E-state index contributed by atoms with van der Waals surface area (Å²) in [6, 6.07) is 22.1. The van der Waals surface area contributed by atoms with Gasteiger partial charge in [0, 0.05) is 28.2 Å². The predicted octanol–water partition coefficient (Wildman–Crippen LogP) is 4.15. The summed E-state index contributed by atoms with van der Waals surface area (Å²) in [6.45, 7) is 2.05. The first-order valence-corrected chi connectivity index (χ1v) is 13.7. The zero-order valence-corrected chi connectivity index (χ0v) is 22.2. The molecule has 0 spiro atoms. The van der Waals surface area contributed by atoms with E-state index in [0.29, 0.717) is 32.1 Å². The number of rotatable bonds is 5. The summed E-state index contributed by atoms with van der Waals surface area (Å²) in [4.78, 5) is 36.4. The van der Waals surface area contributed by atoms with Gasteiger partial charge in [-0.05, 0) is 36.8 Å². The van der Waals surface area contributed by atoms with Crippen LogP contribution in [-0.2, 0) is 9.53 Å². The van der Waals surface area contributed by atoms with Gasteiger partial charge in [-0.1, -0.05) is 65.9 Å². The molecule has 9 heteroatoms. The molecule has 2 aliphatic heterocycles. The van der Waals surface area contributed by atoms with Crippen molar-refractivity contribution in [3.8, 4) is 11.5 Å². The number of aromatic amines is 1. The van der Waals surface area contributed by atoms with Gasteiger partial charge < -0.3 is 19.2 Å². The van der Waals surface area contributed by atoms with Crippen LogP contribution in [0, 0.1) is 0 Å². The highest BCUT2D eigenvalue weighted by Crippen LogP contribution is 2.40. The quantitative estimate of drug-likeness (QED) is 0.333. The van der Waals surface area contributed by atoms with Gasteiger partial charge in [0.25, 0.3) is 5.56 Å². The Hall–Kier alpha value is -4.89. The number of hydrogen-bond acceptors (Lipinski definition) is 7. The van der Waals surface area contributed by atoms with E-state index in [4.69, 9.17) is 19.2 Å². The summed E-state index contributed by atoms with van der Waals surface area (Å²) < 4.78 is 18.8. The van der Waals surface area contributed by atoms with Crippen molar-refractivity contribution in [2.45, 2.75) is 13.0 Å². The van der Waals surface area contributed by atoms with Crippen LogP contribution >= 0.6 is 11.3 Å². The summed E-state index contributed by atoms with van der Waals surface area (Å²) >= 11 is 1.29. The van der Waals surface area contributed by atoms with Crippen LogP contribution in [0.3, 0.4) is 0 Å². The highest BCUT2D eigenvalue weighted by Gasteiger charge is 2.36. The second kappa shape index (κ2) is 9.69. The Balaban J connectivity index is 1.51. The Kier molecular flexibility index (Phi) is 5.86. The SMILES string of the molecule is CCOC(=O)C1=C(c2ccccc2)N=c2s/c(=C\c3c[nH]c4ccccc34)c(=O)n2C1c1ccc2c(c1)OCO2. The number of hydrogen-bond donors (Lipinski definition) is 1. The first-order chi connectivity index (χ1) is 19.6. The van der Waals surface area contributed by atoms with Crippen LogP contribution in [0.25, 0.3) is 22.7 Å². The van der Waals surface area contributed by atoms with Gasteiger partial charge in [-0.15, -0.1) is 0 Å². The molecule has 0 saturated heterocycles. The Morgan fingerprint density at radius 2 is 1.90 bits per heavy atom. The Labute approximate surface area is 232 Å². The minimum atomic E-state index is -0.787. The average molecular weight is 550 g/mol. The fourth-order valence-electron chi connectivity index (χ4n) is 5.19. The maximum absolute atomic E-state index is 14.1. The van der Waals surface area contributed by atoms with Crippen LogP contribution in [0.4, 0.5) is 0 Å². The summed E-state index contributed by atoms with van der Waals surface area (Å²) in [7, 11) is 0. The number of H-pyrrole nitrogens is 1. The minimum absolute atomic E-state index is 0.113. The van der Waals surface area contributed by atoms with Crippen molar-refractivity contribution < 1.29 is 19.0 Å². The molecule has 0 radical (unpaired) electrons. The van der Waals surface area contributed by atoms with E-state index in [0.717, 1.165) is 22.0 Å². The number of carbonyl (C=O) groups is 1. The van der Waals surface area contributed by atoms with Crippen molar-refractivity contribution in [3.63, 3.8) is 0 Å². The van der Waals surface area contributed by atoms with Crippen LogP contribution < -0.4 is 24.4 Å². The molecule has 7 rings (SSSR count). The molecule has 40 heavy (non-hydrogen) atoms. The summed E-state index contributed by atoms with van der Waals surface area (Å²) in [5, 5.41) is 1.01. The van der Waals surface area contributed by atoms with Crippen molar-refractivity contribution in [1.29, 1.82) is 0 Å². The van der Waals surface area contributed by atoms with E-state index in [9.17, 15) is 9.59 Å². The average Bonchev–Trinajstić information content (AvgIpc) is 3.70. The fraction of sp³-hybridized carbons (Fsp3) is 0.129. The van der Waals surface area contributed by atoms with E-state index in [-0.39, 0.29) is 24.5 Å². The minimum Gasteiger partial charge on any atom is -0.463 e. The highest BCUT2D eigenvalue weighted by molar-refractivity contribution is 7.07. The molecule has 0 amide bonds. The van der Waals surface area contributed by atoms with Gasteiger partial charge in [0.15, 0.2) is 16.3 Å². The number of ether oxygens (including phenoxy) is 3. The van der Waals surface area contributed by atoms with E-state index in [2.05, 4.69) is 4.98 Å². The molecular formula is C31H23N3O5S. The lowest BCUT2D eigenvalue weighted by Gasteiger charge is -2.26. The predicted molar refractivity (Wildman–Crippen MR) is 152 cm³/mol. The third-order valence-electron chi connectivity index (χ3n) is 6.99. The molecule has 1 atom stereocenters. The first-order valence-electron chi connectivity index (χ1n) is 12.9. The van der Waals surface area contributed by atoms with Crippen molar-refractivity contribution >= 4 is 40.0 Å². The van der Waals surface area contributed by atoms with Crippen molar-refractivity contribution in [1.82, 2.24) is 9.55 Å². The third-order valence-corrected chi connectivity index (χ3v) is 7.98. The lowest BCUT2D eigenvalue weighted by molar-refractivity contribution is -0.138. The Morgan fingerprint density at radius 1 is 1.10 bits per heavy atom. The molecular weight excluding hydrogens is 526 g/mol. The number of nitrogens with one attached hydrogen (secondary N) is 1. The van der Waals surface area contributed by atoms with Crippen LogP contribution in [-0.4, -0.2) is 28.9 Å². The summed E-state index contributed by atoms with van der Waals surface area (Å²) in [6.07, 6.45) is 3.76. The van der Waals surface area contributed by atoms with E-state index < -0.39 is 12.0 Å². The zero-order chi connectivity index (χ0) is 27.2. The maximum Gasteiger partial charge on any atom is 0.338 e. The number of carbonyl (C=O) groups excluding carboxylic acids is 1. The summed E-state index contributed by atoms with van der Waals surface area (Å²) in [5.74, 6) is 0.638. The standard InChI is InChI=1S/C31H23N3O5S/c1-2-37-30(36)26-27(18-8-4-3-5-9-18)33-31-34(28(26)19-12-13-23-24(14-19)39-17-38-23)29(35)25(40-31)15-20-16-32-22-11-7-6-10-21(20)22/h3-16,28,32H,2,17H2,1H3/b25-15-. The highest BCUT2D eigenvalue weighted by atomic mass is 32.1. The monoisotopic (exact) mass is 549 g/mol. The smallest absolute Gasteiger partial charge is 0.338 e. The van der Waals surface area contributed by atoms with Crippen LogP contribution in [0.2, 0.25) is 0 Å². The molecule has 2 aliphatic rings. The molecule has 0 aliphatic carbocycles. The number of para-hydroxylation sites is 1. The molecule has 0 bridgehead atoms. The molecule has 4 heterocycles. The second-order valence-electron chi connectivity index (χ2n) is 9.33. The first kappa shape index (κ1) is 24.2. The fourth-order valence-corrected chi connectivity index (χ4v) is 6.19. The van der Waals surface area contributed by atoms with Crippen LogP contribution in [0.5, 0.6) is 11.5 Å². The number of thiazole rings is 1. The lowest BCUT2D eigenvalue weighted by atomic mass is 9.93. The van der Waals surface area contributed by atoms with E-state index in [1.807, 2.05) is 79.0 Å². The van der Waals surface area contributed by atoms with Gasteiger partial charge in [0.05, 0.1) is 28.5 Å². The molecule has 1 unspecified atom stereocenters. The maximum atomic E-state index is 14.1. The zero-order valence-electron chi connectivity index (χ0n) is 21.4. The third kappa shape index (κ3) is 3.94. The molecule has 8 nitrogen and oxygen atoms in total. The van der Waals surface area contributed by atoms with E-state index >= 15 is 0 Å². The number of benzene rings is 3. The van der Waals surface area contributed by atoms with Crippen molar-refractivity contribution in [2.24, 2.45) is 4.99 Å². The van der Waals surface area contributed by atoms with Crippen molar-refractivity contribution in [2.75, 3.05) is 13.4 Å². The van der Waals surface area contributed by atoms with Crippen molar-refractivity contribution in [3.05, 3.63) is 121 Å². The van der Waals surface area contributed by atoms with E-state index in [1.165, 1.54) is 11.3 Å². The molecule has 2 aromatic heterocycles. The van der Waals surface area contributed by atoms with Gasteiger partial charge in [0.2, 0.25) is 6.79 Å². The lowest BCUT2D eigenvalue weighted by Crippen LogP contribution is -2.40. The second-order valence-corrected chi connectivity index (χ2v) is 10.3. The number of nitrogens with zero attached hydrogens (tertiary/aromatic N) is 2. The van der Waals surface area contributed by atoms with Gasteiger partial charge in [-0.3, -0.25) is 9.36 Å². The number of fused-ring (bicyclic) bond motifs is 3. The van der Waals surface area contributed by atoms with Crippen LogP contribution in [0.15, 0.2) is 94.4 Å². The Morgan fingerprint density at radius 3 is 2.75 bits per heavy atom. The van der Waals surface area contributed by atoms with Gasteiger partial charge in [0.1, 0.15) is 0 Å². The Bertz CT molecular complexity index is 2000. The van der Waals surface area contributed by atoms with Gasteiger partial charge in [-0.2, -0.15) is 0 Å². The molecule has 0 fully saturated rings. The number of aromatic nitrogens is 2. The molecule has 5 aromatic rings. The largest absolute Gasteiger partial charge is 0.463 e. The summed E-state index contributed by atoms with van der Waals surface area (Å²) in [5.41, 5.74) is 3.84. The molecule has 198 valence electrons. The van der Waals surface area contributed by atoms with Gasteiger partial charge in [-0.25, -0.2) is 9.79 Å². The van der Waals surface area contributed by atoms with Gasteiger partial charge >= 0.3 is 5.97 Å². The van der Waals surface area contributed by atoms with Crippen LogP contribution in [0.1, 0.15) is 29.7 Å². The molecule has 3 aromatic carbocycles. The van der Waals surface area contributed by atoms with E-state index in [1.54, 1.807) is 17.6 Å². The number of esters is 1. The molecule has 0 saturated carbocycles.